The minimum absolute atomic E-state index is 0.289. The Bertz CT molecular complexity index is 409. The third-order valence-electron chi connectivity index (χ3n) is 2.53. The van der Waals surface area contributed by atoms with Gasteiger partial charge in [-0.2, -0.15) is 0 Å². The molecule has 0 radical (unpaired) electrons. The lowest BCUT2D eigenvalue weighted by Crippen LogP contribution is -2.31. The predicted octanol–water partition coefficient (Wildman–Crippen LogP) is 1.43. The van der Waals surface area contributed by atoms with Gasteiger partial charge in [0.1, 0.15) is 17.3 Å². The Morgan fingerprint density at radius 3 is 2.35 bits per heavy atom. The summed E-state index contributed by atoms with van der Waals surface area (Å²) < 4.78 is 5.07. The molecule has 0 aliphatic heterocycles. The first-order valence-corrected chi connectivity index (χ1v) is 5.09. The van der Waals surface area contributed by atoms with Crippen LogP contribution in [0.25, 0.3) is 0 Å². The maximum absolute atomic E-state index is 11.4. The molecule has 1 heterocycles. The van der Waals surface area contributed by atoms with Crippen molar-refractivity contribution in [2.45, 2.75) is 19.8 Å². The minimum Gasteiger partial charge on any atom is -0.469 e. The molecule has 0 saturated carbocycles. The van der Waals surface area contributed by atoms with E-state index in [1.165, 1.54) is 26.2 Å². The summed E-state index contributed by atoms with van der Waals surface area (Å²) in [6, 6.07) is 3.10. The van der Waals surface area contributed by atoms with Crippen molar-refractivity contribution >= 4 is 11.6 Å². The number of carbonyl (C=O) groups excluding carboxylic acids is 2. The molecule has 1 atom stereocenters. The molecule has 0 bridgehead atoms. The first-order chi connectivity index (χ1) is 7.93. The molecule has 1 unspecified atom stereocenters. The van der Waals surface area contributed by atoms with Crippen LogP contribution in [-0.2, 0) is 9.59 Å². The zero-order valence-corrected chi connectivity index (χ0v) is 9.58. The number of carbonyl (C=O) groups is 2. The van der Waals surface area contributed by atoms with Gasteiger partial charge >= 0.3 is 0 Å². The Morgan fingerprint density at radius 1 is 1.41 bits per heavy atom. The molecule has 0 N–H and O–H groups in total. The molecule has 0 aliphatic carbocycles. The van der Waals surface area contributed by atoms with E-state index in [2.05, 4.69) is 0 Å². The molecule has 1 rings (SSSR count). The highest BCUT2D eigenvalue weighted by Gasteiger charge is 2.36. The van der Waals surface area contributed by atoms with Crippen molar-refractivity contribution in [2.75, 3.05) is 6.54 Å². The van der Waals surface area contributed by atoms with Gasteiger partial charge in [0.05, 0.1) is 18.1 Å². The van der Waals surface area contributed by atoms with Gasteiger partial charge in [0.25, 0.3) is 0 Å². The molecule has 1 aromatic heterocycles. The average molecular weight is 239 g/mol. The number of ketones is 2. The highest BCUT2D eigenvalue weighted by molar-refractivity contribution is 6.01. The monoisotopic (exact) mass is 239 g/mol. The van der Waals surface area contributed by atoms with Gasteiger partial charge in [0, 0.05) is 4.92 Å². The maximum Gasteiger partial charge on any atom is 0.214 e. The van der Waals surface area contributed by atoms with E-state index in [0.29, 0.717) is 0 Å². The topological polar surface area (TPSA) is 90.4 Å². The van der Waals surface area contributed by atoms with E-state index >= 15 is 0 Å². The van der Waals surface area contributed by atoms with Crippen LogP contribution in [0.4, 0.5) is 0 Å². The average Bonchev–Trinajstić information content (AvgIpc) is 2.66. The van der Waals surface area contributed by atoms with Crippen molar-refractivity contribution in [3.63, 3.8) is 0 Å². The van der Waals surface area contributed by atoms with Crippen molar-refractivity contribution in [3.05, 3.63) is 34.3 Å². The number of rotatable bonds is 6. The van der Waals surface area contributed by atoms with Crippen LogP contribution in [0, 0.1) is 16.0 Å². The molecule has 92 valence electrons. The van der Waals surface area contributed by atoms with Gasteiger partial charge in [-0.15, -0.1) is 0 Å². The SMILES string of the molecule is CC(=O)C(C(C)=O)C(C[N+](=O)[O-])c1ccco1. The van der Waals surface area contributed by atoms with E-state index in [9.17, 15) is 19.7 Å². The number of nitrogens with zero attached hydrogens (tertiary/aromatic N) is 1. The quantitative estimate of drug-likeness (QED) is 0.425. The van der Waals surface area contributed by atoms with Gasteiger partial charge in [-0.05, 0) is 26.0 Å². The molecule has 6 heteroatoms. The Balaban J connectivity index is 3.08. The molecule has 0 aromatic carbocycles. The second-order valence-corrected chi connectivity index (χ2v) is 3.84. The van der Waals surface area contributed by atoms with E-state index in [1.807, 2.05) is 0 Å². The number of hydrogen-bond donors (Lipinski definition) is 0. The van der Waals surface area contributed by atoms with Crippen LogP contribution in [0.2, 0.25) is 0 Å². The third kappa shape index (κ3) is 3.24. The zero-order valence-electron chi connectivity index (χ0n) is 9.58. The van der Waals surface area contributed by atoms with E-state index in [4.69, 9.17) is 4.42 Å². The van der Waals surface area contributed by atoms with Crippen molar-refractivity contribution < 1.29 is 18.9 Å². The summed E-state index contributed by atoms with van der Waals surface area (Å²) in [6.45, 7) is 2.00. The largest absolute Gasteiger partial charge is 0.469 e. The van der Waals surface area contributed by atoms with Crippen molar-refractivity contribution in [1.82, 2.24) is 0 Å². The molecule has 6 nitrogen and oxygen atoms in total. The number of hydrogen-bond acceptors (Lipinski definition) is 5. The van der Waals surface area contributed by atoms with Crippen LogP contribution < -0.4 is 0 Å². The van der Waals surface area contributed by atoms with Gasteiger partial charge in [0.2, 0.25) is 6.54 Å². The molecular formula is C11H13NO5. The summed E-state index contributed by atoms with van der Waals surface area (Å²) in [6.07, 6.45) is 1.36. The van der Waals surface area contributed by atoms with Crippen molar-refractivity contribution in [2.24, 2.45) is 5.92 Å². The standard InChI is InChI=1S/C11H13NO5/c1-7(13)11(8(2)14)9(6-12(15)16)10-4-3-5-17-10/h3-5,9,11H,6H2,1-2H3. The Labute approximate surface area is 97.8 Å². The van der Waals surface area contributed by atoms with Crippen LogP contribution in [0.1, 0.15) is 25.5 Å². The third-order valence-corrected chi connectivity index (χ3v) is 2.53. The fourth-order valence-electron chi connectivity index (χ4n) is 1.88. The second-order valence-electron chi connectivity index (χ2n) is 3.84. The maximum atomic E-state index is 11.4. The lowest BCUT2D eigenvalue weighted by atomic mass is 9.84. The first-order valence-electron chi connectivity index (χ1n) is 5.09. The van der Waals surface area contributed by atoms with Crippen molar-refractivity contribution in [3.8, 4) is 0 Å². The van der Waals surface area contributed by atoms with Crippen LogP contribution in [0.3, 0.4) is 0 Å². The molecule has 0 amide bonds. The molecule has 0 spiro atoms. The fourth-order valence-corrected chi connectivity index (χ4v) is 1.88. The molecule has 0 saturated heterocycles. The first kappa shape index (κ1) is 13.1. The van der Waals surface area contributed by atoms with Gasteiger partial charge in [-0.25, -0.2) is 0 Å². The summed E-state index contributed by atoms with van der Waals surface area (Å²) in [5.41, 5.74) is 0. The highest BCUT2D eigenvalue weighted by atomic mass is 16.6. The minimum atomic E-state index is -1.02. The van der Waals surface area contributed by atoms with Crippen molar-refractivity contribution in [1.29, 1.82) is 0 Å². The normalized spacial score (nSPS) is 12.4. The summed E-state index contributed by atoms with van der Waals surface area (Å²) in [5, 5.41) is 10.6. The molecule has 17 heavy (non-hydrogen) atoms. The molecule has 1 aromatic rings. The van der Waals surface area contributed by atoms with Gasteiger partial charge in [-0.3, -0.25) is 19.7 Å². The lowest BCUT2D eigenvalue weighted by molar-refractivity contribution is -0.484. The Kier molecular flexibility index (Phi) is 4.14. The van der Waals surface area contributed by atoms with E-state index in [0.717, 1.165) is 0 Å². The van der Waals surface area contributed by atoms with Gasteiger partial charge in [0.15, 0.2) is 0 Å². The number of nitro groups is 1. The number of furan rings is 1. The number of Topliss-reactive ketones (excluding diaryl/α,β-unsaturated/α-hetero) is 2. The second kappa shape index (κ2) is 5.38. The van der Waals surface area contributed by atoms with Crippen LogP contribution >= 0.6 is 0 Å². The van der Waals surface area contributed by atoms with E-state index in [1.54, 1.807) is 6.07 Å². The lowest BCUT2D eigenvalue weighted by Gasteiger charge is -2.17. The van der Waals surface area contributed by atoms with Gasteiger partial charge < -0.3 is 4.42 Å². The fraction of sp³-hybridized carbons (Fsp3) is 0.455. The summed E-state index contributed by atoms with van der Waals surface area (Å²) in [4.78, 5) is 32.9. The molecular weight excluding hydrogens is 226 g/mol. The Hall–Kier alpha value is -1.98. The van der Waals surface area contributed by atoms with E-state index in [-0.39, 0.29) is 17.3 Å². The zero-order chi connectivity index (χ0) is 13.0. The summed E-state index contributed by atoms with van der Waals surface area (Å²) >= 11 is 0. The predicted molar refractivity (Wildman–Crippen MR) is 58.2 cm³/mol. The van der Waals surface area contributed by atoms with E-state index < -0.39 is 23.3 Å². The molecule has 0 fully saturated rings. The smallest absolute Gasteiger partial charge is 0.214 e. The highest BCUT2D eigenvalue weighted by Crippen LogP contribution is 2.27. The van der Waals surface area contributed by atoms with Crippen LogP contribution in [0.5, 0.6) is 0 Å². The van der Waals surface area contributed by atoms with Crippen LogP contribution in [-0.4, -0.2) is 23.0 Å². The Morgan fingerprint density at radius 2 is 2.00 bits per heavy atom. The van der Waals surface area contributed by atoms with Crippen LogP contribution in [0.15, 0.2) is 22.8 Å². The molecule has 0 aliphatic rings. The van der Waals surface area contributed by atoms with Gasteiger partial charge in [-0.1, -0.05) is 0 Å². The summed E-state index contributed by atoms with van der Waals surface area (Å²) in [7, 11) is 0. The summed E-state index contributed by atoms with van der Waals surface area (Å²) in [5.74, 6) is -2.35.